The van der Waals surface area contributed by atoms with Crippen LogP contribution in [0.25, 0.3) is 11.1 Å². The molecule has 1 unspecified atom stereocenters. The molecule has 3 amide bonds. The van der Waals surface area contributed by atoms with E-state index < -0.39 is 6.04 Å². The van der Waals surface area contributed by atoms with Crippen molar-refractivity contribution in [2.45, 2.75) is 58.0 Å². The number of carbonyl (C=O) groups excluding carboxylic acids is 3. The molecule has 4 aliphatic heterocycles. The van der Waals surface area contributed by atoms with Crippen LogP contribution >= 0.6 is 0 Å². The van der Waals surface area contributed by atoms with Gasteiger partial charge in [-0.05, 0) is 120 Å². The van der Waals surface area contributed by atoms with Crippen LogP contribution in [0.2, 0.25) is 0 Å². The van der Waals surface area contributed by atoms with Crippen LogP contribution in [0.3, 0.4) is 0 Å². The summed E-state index contributed by atoms with van der Waals surface area (Å²) in [6.45, 7) is 9.79. The first kappa shape index (κ1) is 38.5. The highest BCUT2D eigenvalue weighted by Gasteiger charge is 2.39. The predicted molar refractivity (Wildman–Crippen MR) is 225 cm³/mol. The third kappa shape index (κ3) is 8.50. The molecule has 0 saturated carbocycles. The van der Waals surface area contributed by atoms with E-state index in [2.05, 4.69) is 99.7 Å². The lowest BCUT2D eigenvalue weighted by Crippen LogP contribution is -2.52. The highest BCUT2D eigenvalue weighted by Crippen LogP contribution is 2.37. The molecule has 11 heteroatoms. The van der Waals surface area contributed by atoms with Crippen molar-refractivity contribution in [3.8, 4) is 5.75 Å². The molecule has 4 aromatic carbocycles. The lowest BCUT2D eigenvalue weighted by molar-refractivity contribution is -0.136. The molecule has 0 spiro atoms. The topological polar surface area (TPSA) is 106 Å². The van der Waals surface area contributed by atoms with E-state index in [0.29, 0.717) is 32.0 Å². The lowest BCUT2D eigenvalue weighted by Gasteiger charge is -2.38. The summed E-state index contributed by atoms with van der Waals surface area (Å²) in [5.41, 5.74) is 10.0. The zero-order chi connectivity index (χ0) is 39.3. The van der Waals surface area contributed by atoms with Crippen LogP contribution in [0.4, 0.5) is 11.4 Å². The van der Waals surface area contributed by atoms with E-state index in [1.807, 2.05) is 24.3 Å². The molecule has 3 saturated heterocycles. The Bertz CT molecular complexity index is 2090. The van der Waals surface area contributed by atoms with Gasteiger partial charge in [-0.2, -0.15) is 0 Å². The second-order valence-corrected chi connectivity index (χ2v) is 15.7. The highest BCUT2D eigenvalue weighted by molar-refractivity contribution is 6.17. The number of allylic oxidation sites excluding steroid dienone is 1. The molecule has 0 aliphatic carbocycles. The largest absolute Gasteiger partial charge is 0.569 e. The van der Waals surface area contributed by atoms with Crippen molar-refractivity contribution in [3.63, 3.8) is 0 Å². The lowest BCUT2D eigenvalue weighted by atomic mass is 9.88. The Balaban J connectivity index is 0.829. The zero-order valence-corrected chi connectivity index (χ0v) is 32.7. The van der Waals surface area contributed by atoms with Gasteiger partial charge in [-0.25, -0.2) is 0 Å². The number of nitrogens with one attached hydrogen (secondary N) is 1. The van der Waals surface area contributed by atoms with Gasteiger partial charge < -0.3 is 24.4 Å². The van der Waals surface area contributed by atoms with Gasteiger partial charge in [0.15, 0.2) is 0 Å². The molecule has 3 fully saturated rings. The maximum atomic E-state index is 13.1. The number of amides is 3. The van der Waals surface area contributed by atoms with E-state index >= 15 is 0 Å². The highest BCUT2D eigenvalue weighted by atomic mass is 16.5. The van der Waals surface area contributed by atoms with E-state index in [1.165, 1.54) is 47.2 Å². The summed E-state index contributed by atoms with van der Waals surface area (Å²) >= 11 is 0. The fourth-order valence-electron chi connectivity index (χ4n) is 9.11. The second-order valence-electron chi connectivity index (χ2n) is 15.7. The molecule has 1 atom stereocenters. The van der Waals surface area contributed by atoms with Crippen molar-refractivity contribution in [2.75, 3.05) is 55.6 Å². The van der Waals surface area contributed by atoms with Crippen LogP contribution < -0.4 is 19.8 Å². The van der Waals surface area contributed by atoms with E-state index in [9.17, 15) is 14.4 Å². The van der Waals surface area contributed by atoms with Gasteiger partial charge in [0.05, 0.1) is 0 Å². The van der Waals surface area contributed by atoms with Crippen molar-refractivity contribution in [3.05, 3.63) is 125 Å². The molecule has 293 valence electrons. The molecule has 4 aliphatic rings. The number of piperazine rings is 1. The summed E-state index contributed by atoms with van der Waals surface area (Å²) < 4.78 is 5.19. The van der Waals surface area contributed by atoms with Crippen LogP contribution in [0.15, 0.2) is 97.1 Å². The predicted octanol–water partition coefficient (Wildman–Crippen LogP) is 6.15. The van der Waals surface area contributed by atoms with Gasteiger partial charge in [-0.3, -0.25) is 24.6 Å². The Morgan fingerprint density at radius 3 is 2.11 bits per heavy atom. The number of hydrogen-bond donors (Lipinski definition) is 2. The van der Waals surface area contributed by atoms with Crippen LogP contribution in [0, 0.1) is 5.92 Å². The minimum Gasteiger partial charge on any atom is -0.537 e. The molecular weight excluding hydrogens is 713 g/mol. The minimum atomic E-state index is -0.589. The molecule has 2 N–H and O–H groups in total. The average molecular weight is 765 g/mol. The van der Waals surface area contributed by atoms with Crippen molar-refractivity contribution in [1.82, 2.24) is 15.1 Å². The number of anilines is 2. The summed E-state index contributed by atoms with van der Waals surface area (Å²) in [4.78, 5) is 46.4. The van der Waals surface area contributed by atoms with E-state index in [0.717, 1.165) is 75.0 Å². The summed E-state index contributed by atoms with van der Waals surface area (Å²) in [6, 6.07) is 33.0. The molecule has 0 aromatic heterocycles. The number of nitrogens with zero attached hydrogens (tertiary/aromatic N) is 4. The minimum absolute atomic E-state index is 0.125. The first-order valence-corrected chi connectivity index (χ1v) is 20.5. The Kier molecular flexibility index (Phi) is 11.8. The Hall–Kier alpha value is -5.39. The van der Waals surface area contributed by atoms with Gasteiger partial charge in [-0.15, -0.1) is 0 Å². The molecule has 4 heterocycles. The van der Waals surface area contributed by atoms with Gasteiger partial charge in [0.25, 0.3) is 5.91 Å². The van der Waals surface area contributed by atoms with Gasteiger partial charge in [-0.1, -0.05) is 61.5 Å². The van der Waals surface area contributed by atoms with E-state index in [1.54, 1.807) is 4.90 Å². The van der Waals surface area contributed by atoms with Crippen LogP contribution in [-0.4, -0.2) is 92.1 Å². The van der Waals surface area contributed by atoms with Crippen molar-refractivity contribution in [2.24, 2.45) is 5.92 Å². The quantitative estimate of drug-likeness (QED) is 0.101. The Morgan fingerprint density at radius 1 is 0.772 bits per heavy atom. The maximum absolute atomic E-state index is 13.1. The zero-order valence-electron chi connectivity index (χ0n) is 32.7. The number of benzene rings is 4. The van der Waals surface area contributed by atoms with Crippen molar-refractivity contribution >= 4 is 47.9 Å². The van der Waals surface area contributed by atoms with Gasteiger partial charge in [0.1, 0.15) is 11.8 Å². The SMILES string of the molecule is CC/C(=C(\c1ccc(O[B]O)cc1)c1ccc(N2CCC(CCN3CCN(c4ccc5c(c4)CN(C4CCC(=O)NC4=O)C5=O)CC3)CC2)cc1)c1ccccc1. The van der Waals surface area contributed by atoms with Crippen LogP contribution in [0.5, 0.6) is 5.75 Å². The number of rotatable bonds is 12. The molecule has 8 rings (SSSR count). The summed E-state index contributed by atoms with van der Waals surface area (Å²) in [5.74, 6) is 0.550. The Morgan fingerprint density at radius 2 is 1.44 bits per heavy atom. The maximum Gasteiger partial charge on any atom is 0.569 e. The van der Waals surface area contributed by atoms with Crippen molar-refractivity contribution in [1.29, 1.82) is 0 Å². The average Bonchev–Trinajstić information content (AvgIpc) is 3.58. The monoisotopic (exact) mass is 764 g/mol. The first-order chi connectivity index (χ1) is 27.9. The molecule has 10 nitrogen and oxygen atoms in total. The molecule has 57 heavy (non-hydrogen) atoms. The molecule has 1 radical (unpaired) electrons. The third-order valence-corrected chi connectivity index (χ3v) is 12.3. The standard InChI is InChI=1S/C46H51BN5O5/c1-2-40(33-6-4-3-5-7-33)44(35-10-15-39(16-11-35)57-47-56)34-8-12-37(13-9-34)50-24-21-32(22-25-50)20-23-49-26-28-51(29-27-49)38-14-17-41-36(30-38)31-52(46(41)55)42-18-19-43(53)48-45(42)54/h3-17,30,32,42,56H,2,18-29,31H2,1H3,(H,48,53,54)/b44-40+. The number of carbonyl (C=O) groups is 3. The smallest absolute Gasteiger partial charge is 0.537 e. The summed E-state index contributed by atoms with van der Waals surface area (Å²) in [7, 11) is 0.712. The first-order valence-electron chi connectivity index (χ1n) is 20.5. The van der Waals surface area contributed by atoms with Gasteiger partial charge in [0, 0.05) is 69.2 Å². The number of piperidine rings is 2. The normalized spacial score (nSPS) is 19.6. The number of imide groups is 1. The molecular formula is C46H51BN5O5. The van der Waals surface area contributed by atoms with Gasteiger partial charge in [0.2, 0.25) is 11.8 Å². The number of fused-ring (bicyclic) bond motifs is 1. The van der Waals surface area contributed by atoms with E-state index in [-0.39, 0.29) is 24.1 Å². The summed E-state index contributed by atoms with van der Waals surface area (Å²) in [5, 5.41) is 11.5. The Labute approximate surface area is 336 Å². The molecule has 0 bridgehead atoms. The molecule has 4 aromatic rings. The second kappa shape index (κ2) is 17.4. The van der Waals surface area contributed by atoms with Gasteiger partial charge >= 0.3 is 7.69 Å². The van der Waals surface area contributed by atoms with Crippen LogP contribution in [0.1, 0.15) is 78.1 Å². The number of hydrogen-bond acceptors (Lipinski definition) is 8. The fourth-order valence-corrected chi connectivity index (χ4v) is 9.11. The fraction of sp³-hybridized carbons (Fsp3) is 0.370. The summed E-state index contributed by atoms with van der Waals surface area (Å²) in [6.07, 6.45) is 5.14. The third-order valence-electron chi connectivity index (χ3n) is 12.3. The van der Waals surface area contributed by atoms with Crippen molar-refractivity contribution < 1.29 is 24.1 Å². The van der Waals surface area contributed by atoms with E-state index in [4.69, 9.17) is 9.68 Å². The van der Waals surface area contributed by atoms with Crippen LogP contribution in [-0.2, 0) is 16.1 Å².